The first kappa shape index (κ1) is 14.4. The van der Waals surface area contributed by atoms with Gasteiger partial charge in [-0.15, -0.1) is 0 Å². The van der Waals surface area contributed by atoms with Crippen molar-refractivity contribution in [2.45, 2.75) is 0 Å². The highest BCUT2D eigenvalue weighted by Gasteiger charge is 2.04. The van der Waals surface area contributed by atoms with Crippen molar-refractivity contribution in [2.24, 2.45) is 0 Å². The number of rotatable bonds is 2. The summed E-state index contributed by atoms with van der Waals surface area (Å²) in [7, 11) is 0. The highest BCUT2D eigenvalue weighted by atomic mass is 79.9. The monoisotopic (exact) mass is 402 g/mol. The fourth-order valence-electron chi connectivity index (χ4n) is 1.40. The molecule has 3 nitrogen and oxygen atoms in total. The zero-order valence-corrected chi connectivity index (χ0v) is 13.5. The summed E-state index contributed by atoms with van der Waals surface area (Å²) in [4.78, 5) is 11.8. The van der Waals surface area contributed by atoms with Gasteiger partial charge in [0, 0.05) is 25.3 Å². The second-order valence-electron chi connectivity index (χ2n) is 3.71. The smallest absolute Gasteiger partial charge is 0.308 e. The van der Waals surface area contributed by atoms with Crippen LogP contribution in [0, 0.1) is 0 Å². The maximum absolute atomic E-state index is 11.8. The van der Waals surface area contributed by atoms with E-state index in [0.29, 0.717) is 16.4 Å². The largest absolute Gasteiger partial charge is 0.323 e. The lowest BCUT2D eigenvalue weighted by atomic mass is 10.3. The number of carbonyl (C=O) groups excluding carboxylic acids is 1. The van der Waals surface area contributed by atoms with Gasteiger partial charge in [-0.3, -0.25) is 0 Å². The molecule has 2 aromatic rings. The molecule has 0 saturated carbocycles. The summed E-state index contributed by atoms with van der Waals surface area (Å²) >= 11 is 12.5. The van der Waals surface area contributed by atoms with E-state index in [2.05, 4.69) is 42.5 Å². The van der Waals surface area contributed by atoms with E-state index in [-0.39, 0.29) is 6.03 Å². The van der Waals surface area contributed by atoms with Crippen molar-refractivity contribution in [1.82, 2.24) is 0 Å². The zero-order valence-electron chi connectivity index (χ0n) is 9.58. The lowest BCUT2D eigenvalue weighted by Gasteiger charge is -2.08. The zero-order chi connectivity index (χ0) is 13.8. The minimum atomic E-state index is -0.309. The summed E-state index contributed by atoms with van der Waals surface area (Å²) in [5.41, 5.74) is 1.37. The number of hydrogen-bond donors (Lipinski definition) is 2. The first-order valence-electron chi connectivity index (χ1n) is 5.33. The van der Waals surface area contributed by atoms with Crippen molar-refractivity contribution in [1.29, 1.82) is 0 Å². The SMILES string of the molecule is O=C(Nc1ccc(Cl)cc1)Nc1ccc(Br)c(Br)c1. The normalized spacial score (nSPS) is 10.1. The van der Waals surface area contributed by atoms with Crippen LogP contribution in [-0.2, 0) is 0 Å². The van der Waals surface area contributed by atoms with E-state index in [1.54, 1.807) is 30.3 Å². The second-order valence-corrected chi connectivity index (χ2v) is 5.86. The van der Waals surface area contributed by atoms with Crippen LogP contribution in [0.4, 0.5) is 16.2 Å². The summed E-state index contributed by atoms with van der Waals surface area (Å²) in [6.07, 6.45) is 0. The van der Waals surface area contributed by atoms with Crippen LogP contribution in [0.2, 0.25) is 5.02 Å². The molecule has 2 N–H and O–H groups in total. The van der Waals surface area contributed by atoms with Crippen molar-refractivity contribution in [3.05, 3.63) is 56.4 Å². The molecule has 0 bridgehead atoms. The van der Waals surface area contributed by atoms with Crippen LogP contribution in [0.5, 0.6) is 0 Å². The summed E-state index contributed by atoms with van der Waals surface area (Å²) in [5.74, 6) is 0. The van der Waals surface area contributed by atoms with E-state index in [9.17, 15) is 4.79 Å². The molecule has 0 aliphatic carbocycles. The van der Waals surface area contributed by atoms with E-state index in [4.69, 9.17) is 11.6 Å². The molecule has 19 heavy (non-hydrogen) atoms. The number of carbonyl (C=O) groups is 1. The molecule has 0 fully saturated rings. The van der Waals surface area contributed by atoms with Gasteiger partial charge < -0.3 is 10.6 Å². The van der Waals surface area contributed by atoms with Crippen molar-refractivity contribution in [2.75, 3.05) is 10.6 Å². The Hall–Kier alpha value is -1.04. The Labute approximate surface area is 132 Å². The molecule has 0 spiro atoms. The van der Waals surface area contributed by atoms with Gasteiger partial charge in [-0.25, -0.2) is 4.79 Å². The molecule has 98 valence electrons. The number of urea groups is 1. The highest BCUT2D eigenvalue weighted by molar-refractivity contribution is 9.13. The predicted molar refractivity (Wildman–Crippen MR) is 85.9 cm³/mol. The van der Waals surface area contributed by atoms with Crippen LogP contribution >= 0.6 is 43.5 Å². The fraction of sp³-hybridized carbons (Fsp3) is 0. The molecular formula is C13H9Br2ClN2O. The van der Waals surface area contributed by atoms with E-state index in [1.165, 1.54) is 0 Å². The van der Waals surface area contributed by atoms with Crippen molar-refractivity contribution < 1.29 is 4.79 Å². The molecule has 0 unspecified atom stereocenters. The summed E-state index contributed by atoms with van der Waals surface area (Å²) in [5, 5.41) is 6.08. The molecule has 6 heteroatoms. The van der Waals surface area contributed by atoms with Crippen LogP contribution < -0.4 is 10.6 Å². The van der Waals surface area contributed by atoms with Gasteiger partial charge in [-0.2, -0.15) is 0 Å². The Morgan fingerprint density at radius 1 is 0.895 bits per heavy atom. The van der Waals surface area contributed by atoms with Crippen molar-refractivity contribution in [3.63, 3.8) is 0 Å². The van der Waals surface area contributed by atoms with Crippen LogP contribution in [0.3, 0.4) is 0 Å². The van der Waals surface area contributed by atoms with E-state index in [0.717, 1.165) is 8.95 Å². The van der Waals surface area contributed by atoms with Gasteiger partial charge in [-0.1, -0.05) is 11.6 Å². The molecule has 2 rings (SSSR count). The third-order valence-electron chi connectivity index (χ3n) is 2.28. The molecule has 2 aromatic carbocycles. The number of halogens is 3. The molecule has 0 saturated heterocycles. The van der Waals surface area contributed by atoms with Crippen LogP contribution in [0.25, 0.3) is 0 Å². The van der Waals surface area contributed by atoms with E-state index >= 15 is 0 Å². The van der Waals surface area contributed by atoms with Crippen molar-refractivity contribution >= 4 is 60.9 Å². The van der Waals surface area contributed by atoms with Gasteiger partial charge in [0.15, 0.2) is 0 Å². The topological polar surface area (TPSA) is 41.1 Å². The van der Waals surface area contributed by atoms with Crippen LogP contribution in [-0.4, -0.2) is 6.03 Å². The minimum absolute atomic E-state index is 0.309. The molecule has 0 heterocycles. The third-order valence-corrected chi connectivity index (χ3v) is 4.41. The predicted octanol–water partition coefficient (Wildman–Crippen LogP) is 5.51. The maximum Gasteiger partial charge on any atom is 0.323 e. The van der Waals surface area contributed by atoms with Crippen LogP contribution in [0.15, 0.2) is 51.4 Å². The molecule has 0 aromatic heterocycles. The maximum atomic E-state index is 11.8. The first-order chi connectivity index (χ1) is 9.04. The number of hydrogen-bond acceptors (Lipinski definition) is 1. The standard InChI is InChI=1S/C13H9Br2ClN2O/c14-11-6-5-10(7-12(11)15)18-13(19)17-9-3-1-8(16)2-4-9/h1-7H,(H2,17,18,19). The molecule has 0 aliphatic heterocycles. The van der Waals surface area contributed by atoms with Gasteiger partial charge in [-0.05, 0) is 74.3 Å². The number of anilines is 2. The summed E-state index contributed by atoms with van der Waals surface area (Å²) in [6.45, 7) is 0. The van der Waals surface area contributed by atoms with Gasteiger partial charge in [0.25, 0.3) is 0 Å². The van der Waals surface area contributed by atoms with Gasteiger partial charge in [0.1, 0.15) is 0 Å². The first-order valence-corrected chi connectivity index (χ1v) is 7.29. The summed E-state index contributed by atoms with van der Waals surface area (Å²) in [6, 6.07) is 12.1. The molecule has 0 aliphatic rings. The van der Waals surface area contributed by atoms with Crippen LogP contribution in [0.1, 0.15) is 0 Å². The Morgan fingerprint density at radius 3 is 2.11 bits per heavy atom. The number of nitrogens with one attached hydrogen (secondary N) is 2. The Morgan fingerprint density at radius 2 is 1.47 bits per heavy atom. The average molecular weight is 404 g/mol. The van der Waals surface area contributed by atoms with Gasteiger partial charge in [0.2, 0.25) is 0 Å². The Balaban J connectivity index is 2.01. The number of amides is 2. The Kier molecular flexibility index (Phi) is 4.85. The Bertz CT molecular complexity index is 602. The molecule has 0 radical (unpaired) electrons. The highest BCUT2D eigenvalue weighted by Crippen LogP contribution is 2.26. The molecule has 0 atom stereocenters. The third kappa shape index (κ3) is 4.23. The average Bonchev–Trinajstić information content (AvgIpc) is 2.37. The molecular weight excluding hydrogens is 395 g/mol. The quantitative estimate of drug-likeness (QED) is 0.681. The van der Waals surface area contributed by atoms with Gasteiger partial charge >= 0.3 is 6.03 Å². The lowest BCUT2D eigenvalue weighted by Crippen LogP contribution is -2.19. The van der Waals surface area contributed by atoms with E-state index < -0.39 is 0 Å². The molecule has 2 amide bonds. The summed E-state index contributed by atoms with van der Waals surface area (Å²) < 4.78 is 1.80. The minimum Gasteiger partial charge on any atom is -0.308 e. The lowest BCUT2D eigenvalue weighted by molar-refractivity contribution is 0.262. The second kappa shape index (κ2) is 6.41. The number of benzene rings is 2. The fourth-order valence-corrected chi connectivity index (χ4v) is 2.15. The van der Waals surface area contributed by atoms with Crippen molar-refractivity contribution in [3.8, 4) is 0 Å². The van der Waals surface area contributed by atoms with Gasteiger partial charge in [0.05, 0.1) is 0 Å². The van der Waals surface area contributed by atoms with E-state index in [1.807, 2.05) is 12.1 Å².